The largest absolute Gasteiger partial charge is 0.298 e. The number of hydrogen-bond donors (Lipinski definition) is 0. The molecule has 1 aliphatic heterocycles. The van der Waals surface area contributed by atoms with Crippen LogP contribution in [-0.4, -0.2) is 28.7 Å². The van der Waals surface area contributed by atoms with E-state index >= 15 is 0 Å². The fourth-order valence-corrected chi connectivity index (χ4v) is 1.56. The van der Waals surface area contributed by atoms with Crippen molar-refractivity contribution in [1.29, 1.82) is 0 Å². The number of carbonyl (C=O) groups excluding carboxylic acids is 1. The van der Waals surface area contributed by atoms with Crippen LogP contribution in [0, 0.1) is 5.95 Å². The van der Waals surface area contributed by atoms with Gasteiger partial charge in [0.05, 0.1) is 11.3 Å². The fraction of sp³-hybridized carbons (Fsp3) is 0.273. The van der Waals surface area contributed by atoms with E-state index in [0.717, 1.165) is 0 Å². The molecule has 0 saturated carbocycles. The highest BCUT2D eigenvalue weighted by molar-refractivity contribution is 6.33. The van der Waals surface area contributed by atoms with E-state index in [1.165, 1.54) is 12.1 Å². The highest BCUT2D eigenvalue weighted by Crippen LogP contribution is 2.16. The molecule has 1 atom stereocenters. The van der Waals surface area contributed by atoms with E-state index in [0.29, 0.717) is 24.8 Å². The molecule has 2 rings (SSSR count). The summed E-state index contributed by atoms with van der Waals surface area (Å²) in [7, 11) is 0. The molecule has 0 bridgehead atoms. The molecule has 0 N–H and O–H groups in total. The smallest absolute Gasteiger partial charge is 0.225 e. The molecule has 0 aromatic carbocycles. The van der Waals surface area contributed by atoms with Gasteiger partial charge in [0.1, 0.15) is 5.50 Å². The average Bonchev–Trinajstić information content (AvgIpc) is 2.32. The summed E-state index contributed by atoms with van der Waals surface area (Å²) < 4.78 is 13.2. The Morgan fingerprint density at radius 1 is 1.53 bits per heavy atom. The summed E-state index contributed by atoms with van der Waals surface area (Å²) in [6.45, 7) is 0. The van der Waals surface area contributed by atoms with Crippen molar-refractivity contribution >= 4 is 35.6 Å². The third kappa shape index (κ3) is 2.94. The molecule has 0 fully saturated rings. The minimum atomic E-state index is -0.815. The van der Waals surface area contributed by atoms with Crippen molar-refractivity contribution in [2.75, 3.05) is 0 Å². The molecular weight excluding hydrogens is 245 g/mol. The second kappa shape index (κ2) is 5.14. The van der Waals surface area contributed by atoms with E-state index < -0.39 is 5.95 Å². The Hall–Kier alpha value is -1.62. The van der Waals surface area contributed by atoms with E-state index in [9.17, 15) is 9.18 Å². The van der Waals surface area contributed by atoms with Crippen LogP contribution in [0.1, 0.15) is 23.2 Å². The fourth-order valence-electron chi connectivity index (χ4n) is 1.39. The predicted octanol–water partition coefficient (Wildman–Crippen LogP) is 2.54. The number of rotatable bonds is 2. The number of halogens is 2. The number of aldehydes is 1. The summed E-state index contributed by atoms with van der Waals surface area (Å²) in [6.07, 6.45) is 3.36. The standard InChI is InChI=1S/C11H9ClFN3O/c12-9-3-2-8(5-14-9)15-10-4-1-7(6-17)11(13)16-10/h1,4-6,9H,2-3H2. The molecule has 6 heteroatoms. The Morgan fingerprint density at radius 3 is 2.94 bits per heavy atom. The lowest BCUT2D eigenvalue weighted by Gasteiger charge is -2.10. The highest BCUT2D eigenvalue weighted by atomic mass is 35.5. The molecule has 1 aromatic heterocycles. The van der Waals surface area contributed by atoms with Gasteiger partial charge in [-0.1, -0.05) is 11.6 Å². The first-order chi connectivity index (χ1) is 8.19. The van der Waals surface area contributed by atoms with Gasteiger partial charge in [-0.05, 0) is 25.0 Å². The first-order valence-corrected chi connectivity index (χ1v) is 5.49. The number of hydrogen-bond acceptors (Lipinski definition) is 4. The van der Waals surface area contributed by atoms with E-state index in [-0.39, 0.29) is 16.9 Å². The van der Waals surface area contributed by atoms with Crippen LogP contribution in [0.4, 0.5) is 10.2 Å². The molecule has 0 aliphatic carbocycles. The molecular formula is C11H9ClFN3O. The van der Waals surface area contributed by atoms with E-state index in [1.807, 2.05) is 0 Å². The molecule has 4 nitrogen and oxygen atoms in total. The Balaban J connectivity index is 2.24. The zero-order valence-corrected chi connectivity index (χ0v) is 9.56. The van der Waals surface area contributed by atoms with Crippen LogP contribution in [0.2, 0.25) is 0 Å². The zero-order valence-electron chi connectivity index (χ0n) is 8.81. The molecule has 2 heterocycles. The number of carbonyl (C=O) groups is 1. The topological polar surface area (TPSA) is 54.7 Å². The summed E-state index contributed by atoms with van der Waals surface area (Å²) in [5, 5.41) is 0. The summed E-state index contributed by atoms with van der Waals surface area (Å²) in [5.41, 5.74) is 0.413. The molecule has 1 unspecified atom stereocenters. The molecule has 1 aromatic rings. The average molecular weight is 254 g/mol. The maximum Gasteiger partial charge on any atom is 0.225 e. The molecule has 0 saturated heterocycles. The number of alkyl halides is 1. The maximum absolute atomic E-state index is 13.2. The number of aliphatic imine (C=N–C) groups is 2. The van der Waals surface area contributed by atoms with Gasteiger partial charge in [-0.3, -0.25) is 9.79 Å². The number of pyridine rings is 1. The normalized spacial score (nSPS) is 21.8. The van der Waals surface area contributed by atoms with Gasteiger partial charge >= 0.3 is 0 Å². The minimum Gasteiger partial charge on any atom is -0.298 e. The molecule has 88 valence electrons. The van der Waals surface area contributed by atoms with Crippen molar-refractivity contribution in [3.63, 3.8) is 0 Å². The van der Waals surface area contributed by atoms with Crippen molar-refractivity contribution in [1.82, 2.24) is 4.98 Å². The first-order valence-electron chi connectivity index (χ1n) is 5.05. The van der Waals surface area contributed by atoms with E-state index in [2.05, 4.69) is 15.0 Å². The van der Waals surface area contributed by atoms with Gasteiger partial charge in [0.15, 0.2) is 12.1 Å². The monoisotopic (exact) mass is 253 g/mol. The van der Waals surface area contributed by atoms with Gasteiger partial charge < -0.3 is 0 Å². The number of aromatic nitrogens is 1. The van der Waals surface area contributed by atoms with Gasteiger partial charge in [0.2, 0.25) is 5.95 Å². The molecule has 0 spiro atoms. The number of nitrogens with zero attached hydrogens (tertiary/aromatic N) is 3. The minimum absolute atomic E-state index is 0.0768. The van der Waals surface area contributed by atoms with Gasteiger partial charge in [-0.15, -0.1) is 0 Å². The van der Waals surface area contributed by atoms with Crippen molar-refractivity contribution in [3.8, 4) is 0 Å². The summed E-state index contributed by atoms with van der Waals surface area (Å²) in [6, 6.07) is 2.83. The van der Waals surface area contributed by atoms with Crippen molar-refractivity contribution < 1.29 is 9.18 Å². The Labute approximate surface area is 102 Å². The van der Waals surface area contributed by atoms with Crippen LogP contribution in [0.3, 0.4) is 0 Å². The van der Waals surface area contributed by atoms with Gasteiger partial charge in [-0.2, -0.15) is 9.37 Å². The second-order valence-corrected chi connectivity index (χ2v) is 4.03. The second-order valence-electron chi connectivity index (χ2n) is 3.52. The summed E-state index contributed by atoms with van der Waals surface area (Å²) in [5.74, 6) is -0.590. The van der Waals surface area contributed by atoms with Crippen molar-refractivity contribution in [3.05, 3.63) is 23.6 Å². The molecule has 0 radical (unpaired) electrons. The Morgan fingerprint density at radius 2 is 2.35 bits per heavy atom. The molecule has 0 amide bonds. The predicted molar refractivity (Wildman–Crippen MR) is 64.0 cm³/mol. The van der Waals surface area contributed by atoms with Gasteiger partial charge in [-0.25, -0.2) is 4.99 Å². The summed E-state index contributed by atoms with van der Waals surface area (Å²) in [4.78, 5) is 22.1. The third-order valence-electron chi connectivity index (χ3n) is 2.27. The SMILES string of the molecule is O=Cc1ccc(N=C2C=NC(Cl)CC2)nc1F. The first kappa shape index (κ1) is 11.9. The van der Waals surface area contributed by atoms with Crippen LogP contribution in [-0.2, 0) is 0 Å². The Bertz CT molecular complexity index is 501. The molecule has 17 heavy (non-hydrogen) atoms. The van der Waals surface area contributed by atoms with Crippen molar-refractivity contribution in [2.45, 2.75) is 18.3 Å². The van der Waals surface area contributed by atoms with E-state index in [1.54, 1.807) is 6.21 Å². The van der Waals surface area contributed by atoms with Crippen LogP contribution in [0.25, 0.3) is 0 Å². The van der Waals surface area contributed by atoms with Crippen LogP contribution in [0.15, 0.2) is 22.1 Å². The third-order valence-corrected chi connectivity index (χ3v) is 2.60. The lowest BCUT2D eigenvalue weighted by molar-refractivity contribution is 0.111. The van der Waals surface area contributed by atoms with Gasteiger partial charge in [0, 0.05) is 6.21 Å². The van der Waals surface area contributed by atoms with Gasteiger partial charge in [0.25, 0.3) is 0 Å². The van der Waals surface area contributed by atoms with Crippen molar-refractivity contribution in [2.24, 2.45) is 9.98 Å². The molecule has 1 aliphatic rings. The van der Waals surface area contributed by atoms with Crippen LogP contribution >= 0.6 is 11.6 Å². The lowest BCUT2D eigenvalue weighted by atomic mass is 10.2. The lowest BCUT2D eigenvalue weighted by Crippen LogP contribution is -2.11. The summed E-state index contributed by atoms with van der Waals surface area (Å²) >= 11 is 5.78. The van der Waals surface area contributed by atoms with E-state index in [4.69, 9.17) is 11.6 Å². The zero-order chi connectivity index (χ0) is 12.3. The highest BCUT2D eigenvalue weighted by Gasteiger charge is 2.10. The maximum atomic E-state index is 13.2. The van der Waals surface area contributed by atoms with Crippen LogP contribution < -0.4 is 0 Å². The Kier molecular flexibility index (Phi) is 3.58. The van der Waals surface area contributed by atoms with Crippen LogP contribution in [0.5, 0.6) is 0 Å². The quantitative estimate of drug-likeness (QED) is 0.352.